The van der Waals surface area contributed by atoms with Crippen LogP contribution in [0.25, 0.3) is 0 Å². The Morgan fingerprint density at radius 3 is 0.958 bits per heavy atom. The SMILES string of the molecule is C.C.C.C.CP1CCCC1.CP1CCCCC1.CP1CCOCC1. The third kappa shape index (κ3) is 19.6. The lowest BCUT2D eigenvalue weighted by atomic mass is 10.3. The smallest absolute Gasteiger partial charge is 0.0505 e. The van der Waals surface area contributed by atoms with E-state index in [0.717, 1.165) is 13.2 Å². The Bertz CT molecular complexity index is 193. The summed E-state index contributed by atoms with van der Waals surface area (Å²) < 4.78 is 5.16. The van der Waals surface area contributed by atoms with Crippen LogP contribution in [0.5, 0.6) is 0 Å². The third-order valence-corrected chi connectivity index (χ3v) is 10.4. The molecule has 0 aromatic heterocycles. The second-order valence-electron chi connectivity index (χ2n) is 6.29. The molecular weight excluding hydrogens is 349 g/mol. The van der Waals surface area contributed by atoms with Crippen molar-refractivity contribution in [1.82, 2.24) is 0 Å². The summed E-state index contributed by atoms with van der Waals surface area (Å²) in [5.74, 6) is 0. The molecule has 3 saturated heterocycles. The summed E-state index contributed by atoms with van der Waals surface area (Å²) in [7, 11) is 1.43. The van der Waals surface area contributed by atoms with Gasteiger partial charge in [0, 0.05) is 0 Å². The second kappa shape index (κ2) is 22.3. The Kier molecular flexibility index (Phi) is 30.5. The molecule has 0 N–H and O–H groups in total. The van der Waals surface area contributed by atoms with Crippen molar-refractivity contribution < 1.29 is 4.74 Å². The van der Waals surface area contributed by atoms with Crippen LogP contribution in [0.3, 0.4) is 0 Å². The highest BCUT2D eigenvalue weighted by Crippen LogP contribution is 2.38. The van der Waals surface area contributed by atoms with Crippen molar-refractivity contribution >= 4 is 23.8 Å². The van der Waals surface area contributed by atoms with Gasteiger partial charge in [0.05, 0.1) is 13.2 Å². The molecule has 3 heterocycles. The molecule has 0 amide bonds. The monoisotopic (exact) mass is 400 g/mol. The Morgan fingerprint density at radius 2 is 0.750 bits per heavy atom. The largest absolute Gasteiger partial charge is 0.381 e. The van der Waals surface area contributed by atoms with E-state index in [2.05, 4.69) is 20.0 Å². The van der Waals surface area contributed by atoms with Gasteiger partial charge in [0.2, 0.25) is 0 Å². The first kappa shape index (κ1) is 32.9. The van der Waals surface area contributed by atoms with E-state index in [-0.39, 0.29) is 29.7 Å². The molecule has 0 radical (unpaired) electrons. The first-order valence-corrected chi connectivity index (χ1v) is 14.8. The number of rotatable bonds is 0. The molecule has 1 nitrogen and oxygen atoms in total. The van der Waals surface area contributed by atoms with Gasteiger partial charge in [0.15, 0.2) is 0 Å². The average molecular weight is 401 g/mol. The van der Waals surface area contributed by atoms with Crippen molar-refractivity contribution in [3.05, 3.63) is 0 Å². The van der Waals surface area contributed by atoms with E-state index in [4.69, 9.17) is 4.74 Å². The maximum atomic E-state index is 5.16. The van der Waals surface area contributed by atoms with E-state index in [1.54, 1.807) is 24.6 Å². The predicted octanol–water partition coefficient (Wildman–Crippen LogP) is 7.85. The Hall–Kier alpha value is 1.25. The lowest BCUT2D eigenvalue weighted by Crippen LogP contribution is -2.11. The molecule has 24 heavy (non-hydrogen) atoms. The van der Waals surface area contributed by atoms with E-state index >= 15 is 0 Å². The van der Waals surface area contributed by atoms with E-state index in [1.807, 2.05) is 0 Å². The van der Waals surface area contributed by atoms with Crippen LogP contribution in [0, 0.1) is 0 Å². The summed E-state index contributed by atoms with van der Waals surface area (Å²) in [6.45, 7) is 9.21. The molecule has 0 unspecified atom stereocenters. The fourth-order valence-electron chi connectivity index (χ4n) is 2.58. The molecular formula is C20H51OP3. The van der Waals surface area contributed by atoms with E-state index < -0.39 is 0 Å². The summed E-state index contributed by atoms with van der Waals surface area (Å²) in [5.41, 5.74) is 0. The third-order valence-electron chi connectivity index (χ3n) is 4.14. The highest BCUT2D eigenvalue weighted by Gasteiger charge is 2.07. The predicted molar refractivity (Wildman–Crippen MR) is 129 cm³/mol. The van der Waals surface area contributed by atoms with Crippen molar-refractivity contribution in [2.24, 2.45) is 0 Å². The highest BCUT2D eigenvalue weighted by atomic mass is 31.1. The van der Waals surface area contributed by atoms with E-state index in [1.165, 1.54) is 44.4 Å². The van der Waals surface area contributed by atoms with Gasteiger partial charge < -0.3 is 4.74 Å². The summed E-state index contributed by atoms with van der Waals surface area (Å²) in [6.07, 6.45) is 16.4. The molecule has 3 aliphatic heterocycles. The molecule has 0 bridgehead atoms. The van der Waals surface area contributed by atoms with E-state index in [9.17, 15) is 0 Å². The minimum Gasteiger partial charge on any atom is -0.381 e. The van der Waals surface area contributed by atoms with Crippen molar-refractivity contribution in [2.45, 2.75) is 61.8 Å². The number of hydrogen-bond donors (Lipinski definition) is 0. The normalized spacial score (nSPS) is 21.1. The van der Waals surface area contributed by atoms with Crippen molar-refractivity contribution in [1.29, 1.82) is 0 Å². The molecule has 0 aromatic carbocycles. The van der Waals surface area contributed by atoms with Gasteiger partial charge in [-0.05, 0) is 82.6 Å². The van der Waals surface area contributed by atoms with Crippen LogP contribution in [-0.2, 0) is 4.74 Å². The molecule has 0 aromatic rings. The van der Waals surface area contributed by atoms with Crippen LogP contribution in [-0.4, -0.2) is 70.2 Å². The molecule has 0 atom stereocenters. The van der Waals surface area contributed by atoms with Gasteiger partial charge in [-0.3, -0.25) is 0 Å². The summed E-state index contributed by atoms with van der Waals surface area (Å²) in [5, 5.41) is 0. The lowest BCUT2D eigenvalue weighted by molar-refractivity contribution is 0.158. The van der Waals surface area contributed by atoms with Gasteiger partial charge in [-0.1, -0.05) is 36.1 Å². The van der Waals surface area contributed by atoms with Gasteiger partial charge in [-0.25, -0.2) is 0 Å². The standard InChI is InChI=1S/C6H13P.C5H11OP.C5H11P.4CH4/c1-7-5-3-2-4-6-7;1-7-4-2-6-3-5-7;1-6-4-2-3-5-6;;;;/h2-6H2,1H3;2-5H2,1H3;2-5H2,1H3;4*1H4. The van der Waals surface area contributed by atoms with Crippen LogP contribution in [0.2, 0.25) is 0 Å². The number of ether oxygens (including phenoxy) is 1. The summed E-state index contributed by atoms with van der Waals surface area (Å²) in [4.78, 5) is 0. The second-order valence-corrected chi connectivity index (χ2v) is 14.1. The maximum absolute atomic E-state index is 5.16. The van der Waals surface area contributed by atoms with Gasteiger partial charge in [0.1, 0.15) is 0 Å². The van der Waals surface area contributed by atoms with Gasteiger partial charge in [0.25, 0.3) is 0 Å². The van der Waals surface area contributed by atoms with Crippen LogP contribution in [0.1, 0.15) is 61.8 Å². The lowest BCUT2D eigenvalue weighted by Gasteiger charge is -2.17. The van der Waals surface area contributed by atoms with Crippen LogP contribution in [0.4, 0.5) is 0 Å². The Labute approximate surface area is 160 Å². The molecule has 152 valence electrons. The topological polar surface area (TPSA) is 9.23 Å². The minimum atomic E-state index is 0. The molecule has 0 spiro atoms. The first-order valence-electron chi connectivity index (χ1n) is 8.32. The molecule has 4 heteroatoms. The zero-order valence-electron chi connectivity index (χ0n) is 13.9. The van der Waals surface area contributed by atoms with E-state index in [0.29, 0.717) is 23.8 Å². The zero-order valence-corrected chi connectivity index (χ0v) is 16.6. The van der Waals surface area contributed by atoms with Gasteiger partial charge in [-0.15, -0.1) is 23.8 Å². The summed E-state index contributed by atoms with van der Waals surface area (Å²) >= 11 is 0. The Morgan fingerprint density at radius 1 is 0.458 bits per heavy atom. The Balaban J connectivity index is -0.000000116. The molecule has 0 saturated carbocycles. The van der Waals surface area contributed by atoms with Crippen LogP contribution in [0.15, 0.2) is 0 Å². The van der Waals surface area contributed by atoms with Crippen LogP contribution >= 0.6 is 23.8 Å². The van der Waals surface area contributed by atoms with Crippen molar-refractivity contribution in [2.75, 3.05) is 70.2 Å². The molecule has 3 fully saturated rings. The average Bonchev–Trinajstić information content (AvgIpc) is 2.93. The van der Waals surface area contributed by atoms with Crippen molar-refractivity contribution in [3.63, 3.8) is 0 Å². The molecule has 0 aliphatic carbocycles. The van der Waals surface area contributed by atoms with Crippen LogP contribution < -0.4 is 0 Å². The fraction of sp³-hybridized carbons (Fsp3) is 1.00. The van der Waals surface area contributed by atoms with Gasteiger partial charge >= 0.3 is 0 Å². The van der Waals surface area contributed by atoms with Crippen molar-refractivity contribution in [3.8, 4) is 0 Å². The van der Waals surface area contributed by atoms with Gasteiger partial charge in [-0.2, -0.15) is 0 Å². The fourth-order valence-corrected chi connectivity index (χ4v) is 7.19. The quantitative estimate of drug-likeness (QED) is 0.376. The summed E-state index contributed by atoms with van der Waals surface area (Å²) in [6, 6.07) is 0. The zero-order chi connectivity index (χ0) is 14.6. The maximum Gasteiger partial charge on any atom is 0.0505 e. The number of hydrogen-bond acceptors (Lipinski definition) is 1. The highest BCUT2D eigenvalue weighted by molar-refractivity contribution is 7.57. The minimum absolute atomic E-state index is 0. The molecule has 3 rings (SSSR count). The molecule has 3 aliphatic rings. The first-order chi connectivity index (χ1) is 9.68.